The molecule has 0 aliphatic carbocycles. The van der Waals surface area contributed by atoms with Crippen LogP contribution in [0.3, 0.4) is 0 Å². The highest BCUT2D eigenvalue weighted by Crippen LogP contribution is 2.30. The molecule has 5 aromatic rings. The van der Waals surface area contributed by atoms with E-state index in [9.17, 15) is 9.59 Å². The first-order valence-electron chi connectivity index (χ1n) is 10.6. The molecule has 8 nitrogen and oxygen atoms in total. The lowest BCUT2D eigenvalue weighted by Gasteiger charge is -2.12. The molecule has 2 heterocycles. The van der Waals surface area contributed by atoms with Gasteiger partial charge in [-0.15, -0.1) is 10.2 Å². The Labute approximate surface area is 198 Å². The van der Waals surface area contributed by atoms with Gasteiger partial charge in [-0.1, -0.05) is 60.3 Å². The number of thioether (sulfide) groups is 1. The Balaban J connectivity index is 1.53. The van der Waals surface area contributed by atoms with Crippen molar-refractivity contribution in [2.24, 2.45) is 0 Å². The first kappa shape index (κ1) is 21.7. The molecule has 2 aromatic heterocycles. The van der Waals surface area contributed by atoms with Gasteiger partial charge < -0.3 is 9.72 Å². The van der Waals surface area contributed by atoms with Crippen molar-refractivity contribution in [2.45, 2.75) is 17.3 Å². The van der Waals surface area contributed by atoms with E-state index in [2.05, 4.69) is 50.5 Å². The molecule has 0 aliphatic heterocycles. The van der Waals surface area contributed by atoms with Crippen molar-refractivity contribution in [2.75, 3.05) is 7.11 Å². The second kappa shape index (κ2) is 9.40. The molecule has 0 spiro atoms. The van der Waals surface area contributed by atoms with Crippen LogP contribution in [0.1, 0.15) is 17.1 Å². The summed E-state index contributed by atoms with van der Waals surface area (Å²) in [6, 6.07) is 23.5. The lowest BCUT2D eigenvalue weighted by molar-refractivity contribution is 0.414. The average molecular weight is 472 g/mol. The minimum absolute atomic E-state index is 0.234. The molecule has 0 saturated carbocycles. The summed E-state index contributed by atoms with van der Waals surface area (Å²) in [5.41, 5.74) is 1.46. The monoisotopic (exact) mass is 471 g/mol. The van der Waals surface area contributed by atoms with E-state index in [1.165, 1.54) is 22.4 Å². The fourth-order valence-electron chi connectivity index (χ4n) is 3.86. The van der Waals surface area contributed by atoms with E-state index in [-0.39, 0.29) is 6.42 Å². The summed E-state index contributed by atoms with van der Waals surface area (Å²) in [5, 5.41) is 11.9. The Morgan fingerprint density at radius 3 is 2.62 bits per heavy atom. The van der Waals surface area contributed by atoms with Gasteiger partial charge in [-0.3, -0.25) is 14.3 Å². The predicted molar refractivity (Wildman–Crippen MR) is 132 cm³/mol. The molecule has 0 aliphatic rings. The maximum Gasteiger partial charge on any atom is 0.325 e. The van der Waals surface area contributed by atoms with Crippen molar-refractivity contribution in [3.63, 3.8) is 0 Å². The quantitative estimate of drug-likeness (QED) is 0.351. The summed E-state index contributed by atoms with van der Waals surface area (Å²) < 4.78 is 7.33. The summed E-state index contributed by atoms with van der Waals surface area (Å²) in [5.74, 6) is 1.99. The average Bonchev–Trinajstić information content (AvgIpc) is 3.24. The van der Waals surface area contributed by atoms with Gasteiger partial charge in [0.15, 0.2) is 5.16 Å². The fraction of sp³-hybridized carbons (Fsp3) is 0.120. The van der Waals surface area contributed by atoms with E-state index < -0.39 is 11.2 Å². The number of hydrogen-bond donors (Lipinski definition) is 2. The summed E-state index contributed by atoms with van der Waals surface area (Å²) in [6.07, 6.45) is 0.234. The van der Waals surface area contributed by atoms with Crippen molar-refractivity contribution in [3.05, 3.63) is 111 Å². The van der Waals surface area contributed by atoms with Crippen LogP contribution >= 0.6 is 11.8 Å². The summed E-state index contributed by atoms with van der Waals surface area (Å²) in [7, 11) is 1.61. The van der Waals surface area contributed by atoms with Crippen LogP contribution in [0.2, 0.25) is 0 Å². The highest BCUT2D eigenvalue weighted by molar-refractivity contribution is 7.98. The molecule has 0 radical (unpaired) electrons. The number of H-pyrrole nitrogens is 2. The number of benzene rings is 3. The maximum absolute atomic E-state index is 11.8. The standard InChI is InChI=1S/C25H21N5O3S/c1-33-20-10-5-9-19(14-20)30-22(12-18-13-23(31)27-24(32)26-18)28-29-25(30)34-15-17-8-4-7-16-6-2-3-11-21(16)17/h2-11,13-14H,12,15H2,1H3,(H2,26,27,31,32). The number of nitrogens with one attached hydrogen (secondary N) is 2. The first-order valence-corrected chi connectivity index (χ1v) is 11.6. The highest BCUT2D eigenvalue weighted by Gasteiger charge is 2.17. The molecular weight excluding hydrogens is 450 g/mol. The molecule has 0 fully saturated rings. The fourth-order valence-corrected chi connectivity index (χ4v) is 4.84. The van der Waals surface area contributed by atoms with E-state index >= 15 is 0 Å². The van der Waals surface area contributed by atoms with Crippen LogP contribution in [-0.4, -0.2) is 31.8 Å². The third-order valence-corrected chi connectivity index (χ3v) is 6.39. The van der Waals surface area contributed by atoms with Gasteiger partial charge in [-0.25, -0.2) is 4.79 Å². The SMILES string of the molecule is COc1cccc(-n2c(Cc3cc(=O)[nH]c(=O)[nH]3)nnc2SCc2cccc3ccccc23)c1. The van der Waals surface area contributed by atoms with Crippen molar-refractivity contribution in [1.29, 1.82) is 0 Å². The van der Waals surface area contributed by atoms with E-state index in [1.54, 1.807) is 18.9 Å². The predicted octanol–water partition coefficient (Wildman–Crippen LogP) is 3.69. The van der Waals surface area contributed by atoms with E-state index in [0.717, 1.165) is 5.69 Å². The number of fused-ring (bicyclic) bond motifs is 1. The number of rotatable bonds is 7. The van der Waals surface area contributed by atoms with E-state index in [0.29, 0.717) is 28.2 Å². The van der Waals surface area contributed by atoms with Crippen LogP contribution in [0.4, 0.5) is 0 Å². The Morgan fingerprint density at radius 2 is 1.76 bits per heavy atom. The second-order valence-electron chi connectivity index (χ2n) is 7.65. The molecule has 0 unspecified atom stereocenters. The van der Waals surface area contributed by atoms with Crippen molar-refractivity contribution < 1.29 is 4.74 Å². The Bertz CT molecular complexity index is 1550. The van der Waals surface area contributed by atoms with Crippen molar-refractivity contribution >= 4 is 22.5 Å². The first-order chi connectivity index (χ1) is 16.6. The normalized spacial score (nSPS) is 11.1. The third kappa shape index (κ3) is 4.51. The minimum atomic E-state index is -0.555. The lowest BCUT2D eigenvalue weighted by Crippen LogP contribution is -2.23. The summed E-state index contributed by atoms with van der Waals surface area (Å²) >= 11 is 1.57. The smallest absolute Gasteiger partial charge is 0.325 e. The van der Waals surface area contributed by atoms with Crippen LogP contribution in [0.15, 0.2) is 87.5 Å². The summed E-state index contributed by atoms with van der Waals surface area (Å²) in [6.45, 7) is 0. The van der Waals surface area contributed by atoms with Crippen LogP contribution < -0.4 is 16.0 Å². The van der Waals surface area contributed by atoms with Gasteiger partial charge in [-0.2, -0.15) is 0 Å². The van der Waals surface area contributed by atoms with Gasteiger partial charge in [0.05, 0.1) is 12.8 Å². The Morgan fingerprint density at radius 1 is 0.941 bits per heavy atom. The molecule has 2 N–H and O–H groups in total. The molecule has 5 rings (SSSR count). The van der Waals surface area contributed by atoms with Crippen LogP contribution in [-0.2, 0) is 12.2 Å². The molecule has 34 heavy (non-hydrogen) atoms. The van der Waals surface area contributed by atoms with Crippen molar-refractivity contribution in [3.8, 4) is 11.4 Å². The minimum Gasteiger partial charge on any atom is -0.497 e. The zero-order chi connectivity index (χ0) is 23.5. The number of methoxy groups -OCH3 is 1. The molecule has 0 saturated heterocycles. The zero-order valence-electron chi connectivity index (χ0n) is 18.3. The molecule has 0 atom stereocenters. The van der Waals surface area contributed by atoms with Gasteiger partial charge in [0.1, 0.15) is 11.6 Å². The van der Waals surface area contributed by atoms with Gasteiger partial charge in [0.2, 0.25) is 0 Å². The zero-order valence-corrected chi connectivity index (χ0v) is 19.1. The number of hydrogen-bond acceptors (Lipinski definition) is 6. The van der Waals surface area contributed by atoms with Crippen LogP contribution in [0.5, 0.6) is 5.75 Å². The van der Waals surface area contributed by atoms with Gasteiger partial charge in [0, 0.05) is 30.0 Å². The van der Waals surface area contributed by atoms with Crippen LogP contribution in [0, 0.1) is 0 Å². The molecule has 170 valence electrons. The molecule has 0 bridgehead atoms. The van der Waals surface area contributed by atoms with Crippen LogP contribution in [0.25, 0.3) is 16.5 Å². The Hall–Kier alpha value is -4.11. The van der Waals surface area contributed by atoms with E-state index in [1.807, 2.05) is 41.0 Å². The largest absolute Gasteiger partial charge is 0.497 e. The number of aromatic amines is 2. The van der Waals surface area contributed by atoms with Gasteiger partial charge in [-0.05, 0) is 28.5 Å². The summed E-state index contributed by atoms with van der Waals surface area (Å²) in [4.78, 5) is 28.4. The molecule has 9 heteroatoms. The molecule has 0 amide bonds. The van der Waals surface area contributed by atoms with E-state index in [4.69, 9.17) is 4.74 Å². The van der Waals surface area contributed by atoms with Crippen molar-refractivity contribution in [1.82, 2.24) is 24.7 Å². The topological polar surface area (TPSA) is 106 Å². The highest BCUT2D eigenvalue weighted by atomic mass is 32.2. The maximum atomic E-state index is 11.8. The number of ether oxygens (including phenoxy) is 1. The van der Waals surface area contributed by atoms with Gasteiger partial charge in [0.25, 0.3) is 5.56 Å². The third-order valence-electron chi connectivity index (χ3n) is 5.41. The van der Waals surface area contributed by atoms with Gasteiger partial charge >= 0.3 is 5.69 Å². The number of aromatic nitrogens is 5. The Kier molecular flexibility index (Phi) is 6.01. The number of nitrogens with zero attached hydrogens (tertiary/aromatic N) is 3. The molecular formula is C25H21N5O3S. The second-order valence-corrected chi connectivity index (χ2v) is 8.59. The molecule has 3 aromatic carbocycles. The lowest BCUT2D eigenvalue weighted by atomic mass is 10.1.